The van der Waals surface area contributed by atoms with Crippen LogP contribution in [0.3, 0.4) is 0 Å². The Balaban J connectivity index is 6.70. The van der Waals surface area contributed by atoms with Crippen LogP contribution < -0.4 is 0 Å². The van der Waals surface area contributed by atoms with E-state index in [0.29, 0.717) is 0 Å². The molecule has 0 saturated carbocycles. The Labute approximate surface area is 177 Å². The molecular formula is C15H43NO6P2Si4. The zero-order chi connectivity index (χ0) is 23.0. The quantitative estimate of drug-likeness (QED) is 0.230. The molecule has 0 unspecified atom stereocenters. The minimum absolute atomic E-state index is 1.10. The molecule has 0 amide bonds. The molecule has 0 N–H and O–H groups in total. The summed E-state index contributed by atoms with van der Waals surface area (Å²) in [7, 11) is -13.4. The van der Waals surface area contributed by atoms with Crippen molar-refractivity contribution in [3.05, 3.63) is 0 Å². The first-order chi connectivity index (χ1) is 11.9. The molecular weight excluding hydrogens is 464 g/mol. The molecule has 28 heavy (non-hydrogen) atoms. The lowest BCUT2D eigenvalue weighted by Gasteiger charge is -2.43. The molecule has 0 aromatic rings. The summed E-state index contributed by atoms with van der Waals surface area (Å²) in [5.74, 6) is 0. The number of rotatable bonds is 11. The van der Waals surface area contributed by atoms with Crippen molar-refractivity contribution in [3.63, 3.8) is 0 Å². The Hall–Kier alpha value is 1.13. The van der Waals surface area contributed by atoms with Gasteiger partial charge in [-0.25, -0.2) is 0 Å². The molecule has 0 saturated heterocycles. The summed E-state index contributed by atoms with van der Waals surface area (Å²) in [5, 5.41) is 0. The van der Waals surface area contributed by atoms with Gasteiger partial charge in [-0.05, 0) is 92.7 Å². The van der Waals surface area contributed by atoms with E-state index in [0.717, 1.165) is 0 Å². The van der Waals surface area contributed by atoms with Crippen LogP contribution >= 0.6 is 15.2 Å². The second kappa shape index (κ2) is 9.32. The van der Waals surface area contributed by atoms with E-state index in [-0.39, 0.29) is 0 Å². The maximum Gasteiger partial charge on any atom is 0.340 e. The van der Waals surface area contributed by atoms with Gasteiger partial charge in [-0.2, -0.15) is 0 Å². The average molecular weight is 508 g/mol. The molecule has 0 aliphatic carbocycles. The highest BCUT2D eigenvalue weighted by atomic mass is 31.2. The molecule has 0 atom stereocenters. The minimum Gasteiger partial charge on any atom is -0.350 e. The third-order valence-corrected chi connectivity index (χ3v) is 19.2. The summed E-state index contributed by atoms with van der Waals surface area (Å²) >= 11 is 0. The summed E-state index contributed by atoms with van der Waals surface area (Å²) in [6.07, 6.45) is 0. The van der Waals surface area contributed by atoms with Gasteiger partial charge in [0, 0.05) is 0 Å². The fourth-order valence-electron chi connectivity index (χ4n) is 2.49. The van der Waals surface area contributed by atoms with Gasteiger partial charge < -0.3 is 16.9 Å². The molecule has 0 radical (unpaired) electrons. The van der Waals surface area contributed by atoms with E-state index in [1.807, 2.05) is 78.6 Å². The molecule has 0 rings (SSSR count). The molecule has 7 nitrogen and oxygen atoms in total. The first-order valence-corrected chi connectivity index (χ1v) is 26.4. The first-order valence-electron chi connectivity index (χ1n) is 9.58. The third kappa shape index (κ3) is 10.9. The van der Waals surface area contributed by atoms with Crippen molar-refractivity contribution in [1.29, 1.82) is 0 Å². The van der Waals surface area contributed by atoms with Crippen molar-refractivity contribution in [1.82, 2.24) is 4.90 Å². The predicted molar refractivity (Wildman–Crippen MR) is 130 cm³/mol. The molecule has 0 aromatic carbocycles. The van der Waals surface area contributed by atoms with Gasteiger partial charge in [0.15, 0.2) is 33.3 Å². The Morgan fingerprint density at radius 2 is 0.714 bits per heavy atom. The highest BCUT2D eigenvalue weighted by molar-refractivity contribution is 7.75. The van der Waals surface area contributed by atoms with Gasteiger partial charge in [0.1, 0.15) is 0 Å². The Kier molecular flexibility index (Phi) is 9.70. The van der Waals surface area contributed by atoms with Crippen molar-refractivity contribution >= 4 is 48.5 Å². The Bertz CT molecular complexity index is 530. The summed E-state index contributed by atoms with van der Waals surface area (Å²) in [6, 6.07) is 0. The molecule has 0 spiro atoms. The normalized spacial score (nSPS) is 15.6. The topological polar surface area (TPSA) is 74.3 Å². The molecule has 13 heteroatoms. The van der Waals surface area contributed by atoms with E-state index < -0.39 is 54.0 Å². The van der Waals surface area contributed by atoms with Gasteiger partial charge in [-0.3, -0.25) is 14.0 Å². The SMILES string of the molecule is CN(C)C(P(=O)(O[Si](C)(C)C)O[Si](C)(C)C)P(=O)(O[Si](C)(C)C)O[Si](C)(C)C. The molecule has 0 aliphatic heterocycles. The second-order valence-electron chi connectivity index (χ2n) is 11.2. The van der Waals surface area contributed by atoms with E-state index in [2.05, 4.69) is 0 Å². The van der Waals surface area contributed by atoms with Gasteiger partial charge in [-0.1, -0.05) is 0 Å². The second-order valence-corrected chi connectivity index (χ2v) is 34.6. The van der Waals surface area contributed by atoms with Gasteiger partial charge in [0.25, 0.3) is 0 Å². The van der Waals surface area contributed by atoms with Gasteiger partial charge in [0.2, 0.25) is 5.52 Å². The largest absolute Gasteiger partial charge is 0.350 e. The van der Waals surface area contributed by atoms with Crippen LogP contribution in [0.15, 0.2) is 0 Å². The number of hydrogen-bond acceptors (Lipinski definition) is 7. The van der Waals surface area contributed by atoms with Crippen LogP contribution in [0.4, 0.5) is 0 Å². The Morgan fingerprint density at radius 1 is 0.536 bits per heavy atom. The Morgan fingerprint density at radius 3 is 0.821 bits per heavy atom. The van der Waals surface area contributed by atoms with Crippen LogP contribution in [0, 0.1) is 0 Å². The standard InChI is InChI=1S/C15H43NO6P2Si4/c1-16(2)15(23(17,19-25(3,4)5)20-26(6,7)8)24(18,21-27(9,10)11)22-28(12,13)14/h15H,1-14H3. The minimum atomic E-state index is -3.84. The summed E-state index contributed by atoms with van der Waals surface area (Å²) < 4.78 is 53.2. The highest BCUT2D eigenvalue weighted by Gasteiger charge is 2.57. The van der Waals surface area contributed by atoms with Crippen LogP contribution in [0.5, 0.6) is 0 Å². The lowest BCUT2D eigenvalue weighted by molar-refractivity contribution is 0.290. The smallest absolute Gasteiger partial charge is 0.340 e. The molecule has 0 bridgehead atoms. The van der Waals surface area contributed by atoms with Crippen molar-refractivity contribution < 1.29 is 26.0 Å². The summed E-state index contributed by atoms with van der Waals surface area (Å²) in [4.78, 5) is 1.64. The maximum absolute atomic E-state index is 14.3. The van der Waals surface area contributed by atoms with Gasteiger partial charge in [0.05, 0.1) is 0 Å². The average Bonchev–Trinajstić information content (AvgIpc) is 2.12. The fourth-order valence-corrected chi connectivity index (χ4v) is 21.4. The lowest BCUT2D eigenvalue weighted by Crippen LogP contribution is -2.42. The van der Waals surface area contributed by atoms with Crippen molar-refractivity contribution in [2.24, 2.45) is 0 Å². The van der Waals surface area contributed by atoms with Gasteiger partial charge in [-0.15, -0.1) is 0 Å². The van der Waals surface area contributed by atoms with Crippen LogP contribution in [-0.4, -0.2) is 57.8 Å². The summed E-state index contributed by atoms with van der Waals surface area (Å²) in [6.45, 7) is 23.4. The molecule has 0 heterocycles. The first kappa shape index (κ1) is 29.1. The highest BCUT2D eigenvalue weighted by Crippen LogP contribution is 2.73. The van der Waals surface area contributed by atoms with Crippen LogP contribution in [0.2, 0.25) is 78.6 Å². The number of hydrogen-bond donors (Lipinski definition) is 0. The van der Waals surface area contributed by atoms with Crippen molar-refractivity contribution in [2.45, 2.75) is 84.1 Å². The monoisotopic (exact) mass is 507 g/mol. The van der Waals surface area contributed by atoms with Crippen LogP contribution in [0.25, 0.3) is 0 Å². The molecule has 0 fully saturated rings. The van der Waals surface area contributed by atoms with Crippen LogP contribution in [0.1, 0.15) is 0 Å². The van der Waals surface area contributed by atoms with Crippen molar-refractivity contribution in [3.8, 4) is 0 Å². The fraction of sp³-hybridized carbons (Fsp3) is 1.00. The van der Waals surface area contributed by atoms with E-state index >= 15 is 0 Å². The maximum atomic E-state index is 14.3. The molecule has 0 aromatic heterocycles. The summed E-state index contributed by atoms with van der Waals surface area (Å²) in [5.41, 5.74) is -1.10. The van der Waals surface area contributed by atoms with E-state index in [1.165, 1.54) is 0 Å². The molecule has 170 valence electrons. The van der Waals surface area contributed by atoms with Crippen LogP contribution in [-0.2, 0) is 26.0 Å². The molecule has 0 aliphatic rings. The van der Waals surface area contributed by atoms with Crippen molar-refractivity contribution in [2.75, 3.05) is 14.1 Å². The third-order valence-electron chi connectivity index (χ3n) is 2.63. The number of nitrogens with zero attached hydrogens (tertiary/aromatic N) is 1. The lowest BCUT2D eigenvalue weighted by atomic mass is 11.0. The van der Waals surface area contributed by atoms with E-state index in [4.69, 9.17) is 16.9 Å². The zero-order valence-corrected chi connectivity index (χ0v) is 26.2. The predicted octanol–water partition coefficient (Wildman–Crippen LogP) is 6.62. The zero-order valence-electron chi connectivity index (χ0n) is 20.4. The van der Waals surface area contributed by atoms with E-state index in [1.54, 1.807) is 19.0 Å². The van der Waals surface area contributed by atoms with E-state index in [9.17, 15) is 9.13 Å². The van der Waals surface area contributed by atoms with Gasteiger partial charge >= 0.3 is 15.2 Å².